The molecule has 0 atom stereocenters. The molecule has 0 amide bonds. The maximum Gasteiger partial charge on any atom is 3.00 e. The molecule has 7 heteroatoms. The molecular weight excluding hydrogens is 398 g/mol. The fraction of sp³-hybridized carbons (Fsp3) is 0. The predicted molar refractivity (Wildman–Crippen MR) is 98.4 cm³/mol. The minimum Gasteiger partial charge on any atom is -0.872 e. The van der Waals surface area contributed by atoms with E-state index >= 15 is 0 Å². The molecule has 126 valence electrons. The van der Waals surface area contributed by atoms with Crippen LogP contribution in [0.4, 0.5) is 0 Å². The van der Waals surface area contributed by atoms with E-state index < -0.39 is 0 Å². The summed E-state index contributed by atoms with van der Waals surface area (Å²) in [5.74, 6) is -0.132. The summed E-state index contributed by atoms with van der Waals surface area (Å²) in [6, 6.07) is 18.4. The van der Waals surface area contributed by atoms with Crippen LogP contribution in [0.3, 0.4) is 0 Å². The van der Waals surface area contributed by atoms with Gasteiger partial charge in [-0.3, -0.25) is 0 Å². The molecule has 0 unspecified atom stereocenters. The Kier molecular flexibility index (Phi) is 12.0. The summed E-state index contributed by atoms with van der Waals surface area (Å²) in [6.45, 7) is 0. The minimum absolute atomic E-state index is 0. The number of hydrogen-bond acceptors (Lipinski definition) is 3. The average molecular weight is 410 g/mol. The number of rotatable bonds is 0. The smallest absolute Gasteiger partial charge is 0.872 e. The van der Waals surface area contributed by atoms with Gasteiger partial charge in [0.25, 0.3) is 0 Å². The van der Waals surface area contributed by atoms with Crippen LogP contribution in [-0.2, 0) is 0 Å². The zero-order valence-electron chi connectivity index (χ0n) is 12.9. The molecule has 3 rings (SSSR count). The van der Waals surface area contributed by atoms with E-state index in [9.17, 15) is 15.3 Å². The van der Waals surface area contributed by atoms with Gasteiger partial charge in [-0.1, -0.05) is 89.4 Å². The van der Waals surface area contributed by atoms with Crippen LogP contribution < -0.4 is 15.3 Å². The SMILES string of the molecule is [Al+3].[O-]c1cccc(Cl)c1.[O-]c1cccc(Cl)c1.[O-]c1cccc(Cl)c1. The molecule has 0 saturated carbocycles. The van der Waals surface area contributed by atoms with Crippen molar-refractivity contribution < 1.29 is 15.3 Å². The van der Waals surface area contributed by atoms with Gasteiger partial charge in [0.15, 0.2) is 0 Å². The van der Waals surface area contributed by atoms with Crippen molar-refractivity contribution in [1.82, 2.24) is 0 Å². The zero-order chi connectivity index (χ0) is 17.9. The first-order chi connectivity index (χ1) is 11.4. The molecule has 0 spiro atoms. The van der Waals surface area contributed by atoms with Gasteiger partial charge in [-0.2, -0.15) is 0 Å². The fourth-order valence-electron chi connectivity index (χ4n) is 1.40. The Morgan fingerprint density at radius 2 is 0.720 bits per heavy atom. The van der Waals surface area contributed by atoms with Crippen LogP contribution in [0.2, 0.25) is 15.1 Å². The standard InChI is InChI=1S/3C6H5ClO.Al/c3*7-5-2-1-3-6(8)4-5;/h3*1-4,8H;/q;;;+3/p-3. The average Bonchev–Trinajstić information content (AvgIpc) is 2.47. The molecule has 0 heterocycles. The fourth-order valence-corrected chi connectivity index (χ4v) is 1.94. The predicted octanol–water partition coefficient (Wildman–Crippen LogP) is 3.86. The Balaban J connectivity index is 0.000000339. The van der Waals surface area contributed by atoms with Crippen molar-refractivity contribution in [3.8, 4) is 17.2 Å². The van der Waals surface area contributed by atoms with Gasteiger partial charge >= 0.3 is 17.4 Å². The largest absolute Gasteiger partial charge is 3.00 e. The Hall–Kier alpha value is -1.54. The van der Waals surface area contributed by atoms with Crippen molar-refractivity contribution in [2.24, 2.45) is 0 Å². The van der Waals surface area contributed by atoms with Crippen molar-refractivity contribution in [1.29, 1.82) is 0 Å². The third-order valence-electron chi connectivity index (χ3n) is 2.39. The van der Waals surface area contributed by atoms with Gasteiger partial charge in [-0.25, -0.2) is 0 Å². The second-order valence-corrected chi connectivity index (χ2v) is 5.68. The Bertz CT molecular complexity index is 615. The van der Waals surface area contributed by atoms with Gasteiger partial charge < -0.3 is 15.3 Å². The van der Waals surface area contributed by atoms with Crippen LogP contribution in [0, 0.1) is 0 Å². The van der Waals surface area contributed by atoms with Crippen molar-refractivity contribution in [3.05, 3.63) is 87.9 Å². The van der Waals surface area contributed by atoms with E-state index in [1.54, 1.807) is 36.4 Å². The van der Waals surface area contributed by atoms with Crippen molar-refractivity contribution in [3.63, 3.8) is 0 Å². The first-order valence-electron chi connectivity index (χ1n) is 6.64. The molecule has 0 aromatic heterocycles. The van der Waals surface area contributed by atoms with Gasteiger partial charge in [0.1, 0.15) is 0 Å². The molecule has 0 N–H and O–H groups in total. The van der Waals surface area contributed by atoms with Gasteiger partial charge in [-0.05, 0) is 18.2 Å². The van der Waals surface area contributed by atoms with Gasteiger partial charge in [0.05, 0.1) is 0 Å². The maximum absolute atomic E-state index is 10.4. The second-order valence-electron chi connectivity index (χ2n) is 4.37. The summed E-state index contributed by atoms with van der Waals surface area (Å²) in [4.78, 5) is 0. The van der Waals surface area contributed by atoms with Crippen LogP contribution in [0.5, 0.6) is 17.2 Å². The molecule has 3 aromatic carbocycles. The monoisotopic (exact) mass is 408 g/mol. The third-order valence-corrected chi connectivity index (χ3v) is 3.09. The van der Waals surface area contributed by atoms with E-state index in [0.29, 0.717) is 15.1 Å². The third kappa shape index (κ3) is 11.6. The molecule has 0 aliphatic heterocycles. The quantitative estimate of drug-likeness (QED) is 0.529. The van der Waals surface area contributed by atoms with E-state index in [1.165, 1.54) is 36.4 Å². The van der Waals surface area contributed by atoms with E-state index in [4.69, 9.17) is 34.8 Å². The van der Waals surface area contributed by atoms with Gasteiger partial charge in [0, 0.05) is 15.1 Å². The molecule has 0 fully saturated rings. The molecule has 25 heavy (non-hydrogen) atoms. The first kappa shape index (κ1) is 23.5. The molecule has 0 saturated heterocycles. The molecule has 0 bridgehead atoms. The molecule has 0 aliphatic rings. The second kappa shape index (κ2) is 12.8. The summed E-state index contributed by atoms with van der Waals surface area (Å²) in [5, 5.41) is 32.7. The summed E-state index contributed by atoms with van der Waals surface area (Å²) in [7, 11) is 0. The minimum atomic E-state index is -0.0440. The molecule has 0 aliphatic carbocycles. The van der Waals surface area contributed by atoms with Gasteiger partial charge in [0.2, 0.25) is 0 Å². The summed E-state index contributed by atoms with van der Waals surface area (Å²) in [6.07, 6.45) is 0. The first-order valence-corrected chi connectivity index (χ1v) is 7.78. The molecular formula is C18H12AlCl3O3. The van der Waals surface area contributed by atoms with E-state index in [2.05, 4.69) is 0 Å². The summed E-state index contributed by atoms with van der Waals surface area (Å²) < 4.78 is 0. The number of benzene rings is 3. The summed E-state index contributed by atoms with van der Waals surface area (Å²) in [5.41, 5.74) is 0. The van der Waals surface area contributed by atoms with E-state index in [1.807, 2.05) is 0 Å². The topological polar surface area (TPSA) is 69.2 Å². The Morgan fingerprint density at radius 1 is 0.480 bits per heavy atom. The van der Waals surface area contributed by atoms with Crippen molar-refractivity contribution in [2.45, 2.75) is 0 Å². The number of hydrogen-bond donors (Lipinski definition) is 0. The molecule has 3 nitrogen and oxygen atoms in total. The van der Waals surface area contributed by atoms with E-state index in [0.717, 1.165) is 0 Å². The van der Waals surface area contributed by atoms with Crippen LogP contribution in [-0.4, -0.2) is 17.4 Å². The van der Waals surface area contributed by atoms with Crippen molar-refractivity contribution >= 4 is 52.2 Å². The normalized spacial score (nSPS) is 8.76. The summed E-state index contributed by atoms with van der Waals surface area (Å²) >= 11 is 16.3. The zero-order valence-corrected chi connectivity index (χ0v) is 16.3. The van der Waals surface area contributed by atoms with E-state index in [-0.39, 0.29) is 34.6 Å². The Morgan fingerprint density at radius 3 is 0.840 bits per heavy atom. The maximum atomic E-state index is 10.4. The Labute approximate surface area is 172 Å². The molecule has 0 radical (unpaired) electrons. The van der Waals surface area contributed by atoms with Crippen LogP contribution >= 0.6 is 34.8 Å². The van der Waals surface area contributed by atoms with Gasteiger partial charge in [-0.15, -0.1) is 17.2 Å². The van der Waals surface area contributed by atoms with Crippen LogP contribution in [0.25, 0.3) is 0 Å². The van der Waals surface area contributed by atoms with Crippen molar-refractivity contribution in [2.75, 3.05) is 0 Å². The molecule has 3 aromatic rings. The van der Waals surface area contributed by atoms with Crippen LogP contribution in [0.1, 0.15) is 0 Å². The number of halogens is 3. The van der Waals surface area contributed by atoms with Crippen LogP contribution in [0.15, 0.2) is 72.8 Å².